The summed E-state index contributed by atoms with van der Waals surface area (Å²) in [4.78, 5) is 29.8. The van der Waals surface area contributed by atoms with Crippen molar-refractivity contribution >= 4 is 23.2 Å². The van der Waals surface area contributed by atoms with E-state index in [0.29, 0.717) is 6.04 Å². The fraction of sp³-hybridized carbons (Fsp3) is 0.722. The molecule has 1 amide bonds. The summed E-state index contributed by atoms with van der Waals surface area (Å²) in [6.07, 6.45) is -0.900. The van der Waals surface area contributed by atoms with Gasteiger partial charge >= 0.3 is 12.1 Å². The fourth-order valence-corrected chi connectivity index (χ4v) is 4.55. The summed E-state index contributed by atoms with van der Waals surface area (Å²) in [6.45, 7) is 5.50. The highest BCUT2D eigenvalue weighted by molar-refractivity contribution is 7.09. The fourth-order valence-electron chi connectivity index (χ4n) is 3.73. The highest BCUT2D eigenvalue weighted by atomic mass is 32.1. The second-order valence-corrected chi connectivity index (χ2v) is 8.62. The van der Waals surface area contributed by atoms with E-state index in [1.54, 1.807) is 11.3 Å². The van der Waals surface area contributed by atoms with E-state index < -0.39 is 12.1 Å². The normalized spacial score (nSPS) is 27.0. The van der Waals surface area contributed by atoms with E-state index in [1.165, 1.54) is 4.88 Å². The minimum absolute atomic E-state index is 0.102. The first kappa shape index (κ1) is 22.0. The maximum Gasteiger partial charge on any atom is 0.490 e. The van der Waals surface area contributed by atoms with Gasteiger partial charge in [-0.1, -0.05) is 0 Å². The highest BCUT2D eigenvalue weighted by Crippen LogP contribution is 2.42. The van der Waals surface area contributed by atoms with Gasteiger partial charge in [0.1, 0.15) is 0 Å². The number of alkyl halides is 3. The van der Waals surface area contributed by atoms with Crippen LogP contribution in [-0.4, -0.2) is 64.9 Å². The Kier molecular flexibility index (Phi) is 6.49. The number of amides is 1. The Morgan fingerprint density at radius 3 is 2.66 bits per heavy atom. The number of ether oxygens (including phenoxy) is 1. The van der Waals surface area contributed by atoms with Gasteiger partial charge in [0.2, 0.25) is 5.91 Å². The number of carboxylic acid groups (broad SMARTS) is 1. The Morgan fingerprint density at radius 1 is 1.41 bits per heavy atom. The van der Waals surface area contributed by atoms with E-state index in [1.807, 2.05) is 5.51 Å². The van der Waals surface area contributed by atoms with E-state index in [4.69, 9.17) is 14.6 Å². The molecular weight excluding hydrogens is 411 g/mol. The first-order valence-electron chi connectivity index (χ1n) is 9.46. The molecule has 2 saturated heterocycles. The molecule has 3 aliphatic rings. The third kappa shape index (κ3) is 5.26. The van der Waals surface area contributed by atoms with Crippen molar-refractivity contribution in [3.63, 3.8) is 0 Å². The lowest BCUT2D eigenvalue weighted by atomic mass is 9.75. The summed E-state index contributed by atoms with van der Waals surface area (Å²) >= 11 is 1.71. The van der Waals surface area contributed by atoms with Crippen molar-refractivity contribution < 1.29 is 32.6 Å². The van der Waals surface area contributed by atoms with Crippen molar-refractivity contribution in [2.45, 2.75) is 57.5 Å². The predicted octanol–water partition coefficient (Wildman–Crippen LogP) is 2.34. The van der Waals surface area contributed by atoms with Crippen molar-refractivity contribution in [1.29, 1.82) is 0 Å². The number of carbonyl (C=O) groups excluding carboxylic acids is 1. The molecule has 1 saturated carbocycles. The van der Waals surface area contributed by atoms with Gasteiger partial charge in [-0.05, 0) is 32.6 Å². The lowest BCUT2D eigenvalue weighted by Gasteiger charge is -2.42. The number of rotatable bonds is 4. The van der Waals surface area contributed by atoms with Gasteiger partial charge in [0.25, 0.3) is 0 Å². The minimum atomic E-state index is -5.08. The molecule has 2 aliphatic heterocycles. The van der Waals surface area contributed by atoms with Crippen LogP contribution in [-0.2, 0) is 20.9 Å². The van der Waals surface area contributed by atoms with Crippen molar-refractivity contribution in [3.8, 4) is 0 Å². The van der Waals surface area contributed by atoms with Gasteiger partial charge in [-0.3, -0.25) is 9.69 Å². The molecule has 11 heteroatoms. The molecule has 1 aromatic rings. The molecule has 3 fully saturated rings. The second-order valence-electron chi connectivity index (χ2n) is 7.68. The van der Waals surface area contributed by atoms with Crippen LogP contribution in [0.15, 0.2) is 5.51 Å². The Morgan fingerprint density at radius 2 is 2.10 bits per heavy atom. The largest absolute Gasteiger partial charge is 0.490 e. The molecule has 1 aromatic heterocycles. The van der Waals surface area contributed by atoms with Crippen LogP contribution in [0.4, 0.5) is 13.2 Å². The number of aryl methyl sites for hydroxylation is 1. The van der Waals surface area contributed by atoms with Crippen LogP contribution in [0.25, 0.3) is 0 Å². The zero-order chi connectivity index (χ0) is 21.2. The number of nitrogens with zero attached hydrogens (tertiary/aromatic N) is 2. The number of hydrogen-bond donors (Lipinski definition) is 2. The molecule has 7 nitrogen and oxygen atoms in total. The number of thiazole rings is 1. The molecule has 4 rings (SSSR count). The van der Waals surface area contributed by atoms with E-state index in [2.05, 4.69) is 22.1 Å². The Bertz CT molecular complexity index is 753. The first-order chi connectivity index (χ1) is 13.6. The van der Waals surface area contributed by atoms with Crippen LogP contribution in [0.2, 0.25) is 0 Å². The van der Waals surface area contributed by atoms with Crippen molar-refractivity contribution in [1.82, 2.24) is 15.2 Å². The Hall–Kier alpha value is -1.72. The summed E-state index contributed by atoms with van der Waals surface area (Å²) < 4.78 is 37.6. The molecule has 0 bridgehead atoms. The predicted molar refractivity (Wildman–Crippen MR) is 98.4 cm³/mol. The first-order valence-corrected chi connectivity index (χ1v) is 10.3. The number of likely N-dealkylation sites (tertiary alicyclic amines) is 1. The zero-order valence-corrected chi connectivity index (χ0v) is 16.8. The average molecular weight is 435 g/mol. The number of carboxylic acids is 1. The van der Waals surface area contributed by atoms with Crippen LogP contribution in [0, 0.1) is 12.3 Å². The minimum Gasteiger partial charge on any atom is -0.475 e. The summed E-state index contributed by atoms with van der Waals surface area (Å²) in [5.74, 6) is -2.53. The van der Waals surface area contributed by atoms with Gasteiger partial charge in [0, 0.05) is 37.2 Å². The number of carbonyl (C=O) groups is 2. The zero-order valence-electron chi connectivity index (χ0n) is 16.0. The number of nitrogens with one attached hydrogen (secondary N) is 1. The van der Waals surface area contributed by atoms with Crippen LogP contribution >= 0.6 is 11.3 Å². The monoisotopic (exact) mass is 435 g/mol. The van der Waals surface area contributed by atoms with Gasteiger partial charge in [-0.25, -0.2) is 9.78 Å². The second kappa shape index (κ2) is 8.57. The maximum atomic E-state index is 12.8. The number of aliphatic carboxylic acids is 1. The van der Waals surface area contributed by atoms with E-state index in [0.717, 1.165) is 57.6 Å². The van der Waals surface area contributed by atoms with Crippen LogP contribution in [0.3, 0.4) is 0 Å². The number of piperidine rings is 1. The number of hydrogen-bond acceptors (Lipinski definition) is 6. The summed E-state index contributed by atoms with van der Waals surface area (Å²) in [5, 5.41) is 10.3. The smallest absolute Gasteiger partial charge is 0.475 e. The molecule has 0 radical (unpaired) electrons. The van der Waals surface area contributed by atoms with E-state index in [-0.39, 0.29) is 17.4 Å². The number of fused-ring (bicyclic) bond motifs is 1. The SMILES string of the molecule is Cc1ncsc1CN1CC[C@H]2OCC[C@@]2(C(=O)NC2CC2)C1.O=C(O)C(F)(F)F. The van der Waals surface area contributed by atoms with Crippen molar-refractivity contribution in [2.75, 3.05) is 19.7 Å². The lowest BCUT2D eigenvalue weighted by molar-refractivity contribution is -0.192. The maximum absolute atomic E-state index is 12.8. The van der Waals surface area contributed by atoms with Crippen LogP contribution < -0.4 is 5.32 Å². The molecule has 2 N–H and O–H groups in total. The van der Waals surface area contributed by atoms with Gasteiger partial charge in [0.05, 0.1) is 22.7 Å². The molecular formula is C18H24F3N3O4S. The van der Waals surface area contributed by atoms with Gasteiger partial charge < -0.3 is 15.2 Å². The molecule has 0 aromatic carbocycles. The topological polar surface area (TPSA) is 91.8 Å². The summed E-state index contributed by atoms with van der Waals surface area (Å²) in [6, 6.07) is 0.419. The number of halogens is 3. The van der Waals surface area contributed by atoms with E-state index in [9.17, 15) is 18.0 Å². The van der Waals surface area contributed by atoms with Crippen molar-refractivity contribution in [3.05, 3.63) is 16.1 Å². The molecule has 2 atom stereocenters. The highest BCUT2D eigenvalue weighted by Gasteiger charge is 2.53. The lowest BCUT2D eigenvalue weighted by Crippen LogP contribution is -2.57. The molecule has 162 valence electrons. The molecule has 29 heavy (non-hydrogen) atoms. The summed E-state index contributed by atoms with van der Waals surface area (Å²) in [5.41, 5.74) is 2.69. The quantitative estimate of drug-likeness (QED) is 0.755. The van der Waals surface area contributed by atoms with Crippen LogP contribution in [0.1, 0.15) is 36.3 Å². The van der Waals surface area contributed by atoms with Gasteiger partial charge in [0.15, 0.2) is 0 Å². The Balaban J connectivity index is 0.000000298. The Labute approximate surface area is 170 Å². The average Bonchev–Trinajstić information content (AvgIpc) is 3.20. The molecule has 3 heterocycles. The van der Waals surface area contributed by atoms with Gasteiger partial charge in [-0.2, -0.15) is 13.2 Å². The van der Waals surface area contributed by atoms with Gasteiger partial charge in [-0.15, -0.1) is 11.3 Å². The van der Waals surface area contributed by atoms with Crippen molar-refractivity contribution in [2.24, 2.45) is 5.41 Å². The third-order valence-electron chi connectivity index (χ3n) is 5.52. The molecule has 1 aliphatic carbocycles. The summed E-state index contributed by atoms with van der Waals surface area (Å²) in [7, 11) is 0. The molecule has 0 spiro atoms. The molecule has 0 unspecified atom stereocenters. The van der Waals surface area contributed by atoms with Crippen LogP contribution in [0.5, 0.6) is 0 Å². The third-order valence-corrected chi connectivity index (χ3v) is 6.44. The standard InChI is InChI=1S/C16H23N3O2S.C2HF3O2/c1-11-13(22-10-17-11)8-19-6-4-14-16(9-19,5-7-21-14)15(20)18-12-2-3-12;3-2(4,5)1(6)7/h10,12,14H,2-9H2,1H3,(H,18,20);(H,6,7)/t14-,16-;/m1./s1. The van der Waals surface area contributed by atoms with E-state index >= 15 is 0 Å². The number of aromatic nitrogens is 1.